The third-order valence-corrected chi connectivity index (χ3v) is 4.85. The molecule has 1 atom stereocenters. The Morgan fingerprint density at radius 2 is 1.77 bits per heavy atom. The van der Waals surface area contributed by atoms with E-state index in [0.717, 1.165) is 18.7 Å². The number of amides is 1. The van der Waals surface area contributed by atoms with Crippen molar-refractivity contribution in [2.75, 3.05) is 26.1 Å². The van der Waals surface area contributed by atoms with Crippen LogP contribution in [0.1, 0.15) is 23.1 Å². The molecule has 0 unspecified atom stereocenters. The maximum Gasteiger partial charge on any atom is 0.245 e. The monoisotopic (exact) mass is 354 g/mol. The third-order valence-electron chi connectivity index (χ3n) is 4.85. The van der Waals surface area contributed by atoms with E-state index in [4.69, 9.17) is 9.47 Å². The van der Waals surface area contributed by atoms with Crippen LogP contribution in [-0.4, -0.2) is 37.6 Å². The van der Waals surface area contributed by atoms with E-state index in [1.807, 2.05) is 23.1 Å². The molecule has 26 heavy (non-hydrogen) atoms. The summed E-state index contributed by atoms with van der Waals surface area (Å²) in [5.41, 5.74) is 4.50. The summed E-state index contributed by atoms with van der Waals surface area (Å²) in [4.78, 5) is 14.7. The highest BCUT2D eigenvalue weighted by Crippen LogP contribution is 2.28. The predicted molar refractivity (Wildman–Crippen MR) is 103 cm³/mol. The molecular formula is C21H26N2O3. The van der Waals surface area contributed by atoms with Gasteiger partial charge in [0.25, 0.3) is 0 Å². The fraction of sp³-hybridized carbons (Fsp3) is 0.381. The van der Waals surface area contributed by atoms with E-state index in [9.17, 15) is 4.79 Å². The van der Waals surface area contributed by atoms with Crippen molar-refractivity contribution in [3.63, 3.8) is 0 Å². The van der Waals surface area contributed by atoms with Crippen LogP contribution in [-0.2, 0) is 11.3 Å². The predicted octanol–water partition coefficient (Wildman–Crippen LogP) is 3.53. The first-order valence-corrected chi connectivity index (χ1v) is 8.84. The van der Waals surface area contributed by atoms with Crippen LogP contribution in [0.25, 0.3) is 0 Å². The summed E-state index contributed by atoms with van der Waals surface area (Å²) < 4.78 is 10.6. The van der Waals surface area contributed by atoms with Crippen molar-refractivity contribution in [3.05, 3.63) is 53.1 Å². The minimum absolute atomic E-state index is 0.131. The Morgan fingerprint density at radius 3 is 2.38 bits per heavy atom. The van der Waals surface area contributed by atoms with E-state index in [1.54, 1.807) is 14.2 Å². The van der Waals surface area contributed by atoms with Gasteiger partial charge in [0.2, 0.25) is 5.91 Å². The lowest BCUT2D eigenvalue weighted by atomic mass is 10.1. The van der Waals surface area contributed by atoms with Gasteiger partial charge in [0.1, 0.15) is 17.5 Å². The summed E-state index contributed by atoms with van der Waals surface area (Å²) in [6.45, 7) is 5.59. The van der Waals surface area contributed by atoms with Gasteiger partial charge < -0.3 is 19.7 Å². The van der Waals surface area contributed by atoms with Crippen molar-refractivity contribution >= 4 is 11.6 Å². The number of methoxy groups -OCH3 is 2. The first-order valence-electron chi connectivity index (χ1n) is 8.84. The van der Waals surface area contributed by atoms with E-state index in [2.05, 4.69) is 37.4 Å². The lowest BCUT2D eigenvalue weighted by Gasteiger charge is -2.19. The molecule has 1 aliphatic rings. The third kappa shape index (κ3) is 3.93. The van der Waals surface area contributed by atoms with Gasteiger partial charge >= 0.3 is 0 Å². The molecule has 5 heteroatoms. The second-order valence-electron chi connectivity index (χ2n) is 6.78. The molecular weight excluding hydrogens is 328 g/mol. The second-order valence-corrected chi connectivity index (χ2v) is 6.78. The Balaban J connectivity index is 1.69. The van der Waals surface area contributed by atoms with Gasteiger partial charge in [0.15, 0.2) is 0 Å². The largest absolute Gasteiger partial charge is 0.497 e. The number of benzene rings is 2. The zero-order valence-corrected chi connectivity index (χ0v) is 15.8. The standard InChI is InChI=1S/C21H26N2O3/c1-14-5-6-16(15(2)9-14)13-23-8-7-20(21(23)24)22-17-10-18(25-3)12-19(11-17)26-4/h5-6,9-12,20,22H,7-8,13H2,1-4H3/t20-/m0/s1. The van der Waals surface area contributed by atoms with Gasteiger partial charge in [-0.2, -0.15) is 0 Å². The molecule has 3 rings (SSSR count). The van der Waals surface area contributed by atoms with E-state index < -0.39 is 0 Å². The molecule has 5 nitrogen and oxygen atoms in total. The quantitative estimate of drug-likeness (QED) is 0.862. The number of rotatable bonds is 6. The molecule has 0 aromatic heterocycles. The van der Waals surface area contributed by atoms with Gasteiger partial charge in [-0.05, 0) is 31.4 Å². The minimum Gasteiger partial charge on any atom is -0.497 e. The van der Waals surface area contributed by atoms with Crippen LogP contribution in [0.5, 0.6) is 11.5 Å². The molecule has 1 fully saturated rings. The molecule has 1 heterocycles. The van der Waals surface area contributed by atoms with Gasteiger partial charge in [0.05, 0.1) is 14.2 Å². The van der Waals surface area contributed by atoms with Gasteiger partial charge in [-0.3, -0.25) is 4.79 Å². The van der Waals surface area contributed by atoms with Crippen molar-refractivity contribution in [1.82, 2.24) is 4.90 Å². The highest BCUT2D eigenvalue weighted by molar-refractivity contribution is 5.87. The summed E-state index contributed by atoms with van der Waals surface area (Å²) in [5, 5.41) is 3.33. The second kappa shape index (κ2) is 7.68. The van der Waals surface area contributed by atoms with Crippen molar-refractivity contribution < 1.29 is 14.3 Å². The number of carbonyl (C=O) groups excluding carboxylic acids is 1. The van der Waals surface area contributed by atoms with Crippen LogP contribution in [0.4, 0.5) is 5.69 Å². The number of nitrogens with zero attached hydrogens (tertiary/aromatic N) is 1. The summed E-state index contributed by atoms with van der Waals surface area (Å²) >= 11 is 0. The molecule has 2 aromatic rings. The van der Waals surface area contributed by atoms with E-state index in [-0.39, 0.29) is 11.9 Å². The maximum atomic E-state index is 12.8. The van der Waals surface area contributed by atoms with Crippen LogP contribution < -0.4 is 14.8 Å². The van der Waals surface area contributed by atoms with E-state index >= 15 is 0 Å². The van der Waals surface area contributed by atoms with Crippen LogP contribution in [0.15, 0.2) is 36.4 Å². The number of carbonyl (C=O) groups is 1. The smallest absolute Gasteiger partial charge is 0.245 e. The molecule has 2 aromatic carbocycles. The van der Waals surface area contributed by atoms with Gasteiger partial charge in [-0.1, -0.05) is 23.8 Å². The zero-order chi connectivity index (χ0) is 18.7. The highest BCUT2D eigenvalue weighted by atomic mass is 16.5. The average molecular weight is 354 g/mol. The molecule has 0 radical (unpaired) electrons. The van der Waals surface area contributed by atoms with E-state index in [1.165, 1.54) is 16.7 Å². The molecule has 0 bridgehead atoms. The normalized spacial score (nSPS) is 16.7. The Kier molecular flexibility index (Phi) is 5.35. The van der Waals surface area contributed by atoms with E-state index in [0.29, 0.717) is 18.0 Å². The molecule has 0 spiro atoms. The number of anilines is 1. The molecule has 1 amide bonds. The Bertz CT molecular complexity index is 782. The number of aryl methyl sites for hydroxylation is 2. The summed E-state index contributed by atoms with van der Waals surface area (Å²) in [6.07, 6.45) is 0.781. The maximum absolute atomic E-state index is 12.8. The molecule has 138 valence electrons. The zero-order valence-electron chi connectivity index (χ0n) is 15.8. The highest BCUT2D eigenvalue weighted by Gasteiger charge is 2.31. The summed E-state index contributed by atoms with van der Waals surface area (Å²) in [5.74, 6) is 1.53. The Morgan fingerprint density at radius 1 is 1.08 bits per heavy atom. The first kappa shape index (κ1) is 18.1. The van der Waals surface area contributed by atoms with Crippen LogP contribution in [0.2, 0.25) is 0 Å². The Labute approximate surface area is 154 Å². The Hall–Kier alpha value is -2.69. The lowest BCUT2D eigenvalue weighted by Crippen LogP contribution is -2.33. The molecule has 1 saturated heterocycles. The van der Waals surface area contributed by atoms with Gasteiger partial charge in [-0.15, -0.1) is 0 Å². The molecule has 1 N–H and O–H groups in total. The van der Waals surface area contributed by atoms with Crippen molar-refractivity contribution in [2.24, 2.45) is 0 Å². The van der Waals surface area contributed by atoms with Crippen LogP contribution in [0.3, 0.4) is 0 Å². The van der Waals surface area contributed by atoms with Crippen molar-refractivity contribution in [3.8, 4) is 11.5 Å². The van der Waals surface area contributed by atoms with Crippen LogP contribution >= 0.6 is 0 Å². The molecule has 0 aliphatic carbocycles. The topological polar surface area (TPSA) is 50.8 Å². The van der Waals surface area contributed by atoms with Gasteiger partial charge in [0, 0.05) is 37.0 Å². The van der Waals surface area contributed by atoms with Crippen LogP contribution in [0, 0.1) is 13.8 Å². The summed E-state index contributed by atoms with van der Waals surface area (Å²) in [6, 6.07) is 11.7. The number of nitrogens with one attached hydrogen (secondary N) is 1. The fourth-order valence-corrected chi connectivity index (χ4v) is 3.35. The number of ether oxygens (including phenoxy) is 2. The number of hydrogen-bond donors (Lipinski definition) is 1. The average Bonchev–Trinajstić information content (AvgIpc) is 2.97. The molecule has 1 aliphatic heterocycles. The number of hydrogen-bond acceptors (Lipinski definition) is 4. The fourth-order valence-electron chi connectivity index (χ4n) is 3.35. The minimum atomic E-state index is -0.224. The number of likely N-dealkylation sites (tertiary alicyclic amines) is 1. The first-order chi connectivity index (χ1) is 12.5. The van der Waals surface area contributed by atoms with Crippen molar-refractivity contribution in [1.29, 1.82) is 0 Å². The SMILES string of the molecule is COc1cc(N[C@H]2CCN(Cc3ccc(C)cc3C)C2=O)cc(OC)c1. The molecule has 0 saturated carbocycles. The van der Waals surface area contributed by atoms with Gasteiger partial charge in [-0.25, -0.2) is 0 Å². The van der Waals surface area contributed by atoms with Crippen molar-refractivity contribution in [2.45, 2.75) is 32.9 Å². The lowest BCUT2D eigenvalue weighted by molar-refractivity contribution is -0.128. The summed E-state index contributed by atoms with van der Waals surface area (Å²) in [7, 11) is 3.23.